The topological polar surface area (TPSA) is 124 Å². The molecule has 33 heavy (non-hydrogen) atoms. The van der Waals surface area contributed by atoms with E-state index in [1.807, 2.05) is 18.2 Å². The van der Waals surface area contributed by atoms with Crippen LogP contribution in [-0.2, 0) is 17.9 Å². The Bertz CT molecular complexity index is 1340. The third-order valence-electron chi connectivity index (χ3n) is 5.00. The molecule has 0 aliphatic heterocycles. The highest BCUT2D eigenvalue weighted by atomic mass is 32.2. The standard InChI is InChI=1S/C22H24N6O4S/c1-14(2)9-10-27-19(30)16-7-3-4-8-17(16)28-21(27)25-26-22(28)33-13-18(29)24-20(31)23-12-15-6-5-11-32-15/h3-8,11,14H,9-10,12-13H2,1-2H3,(H2,23,24,29,31). The molecule has 0 atom stereocenters. The number of benzene rings is 1. The highest BCUT2D eigenvalue weighted by molar-refractivity contribution is 7.99. The van der Waals surface area contributed by atoms with Gasteiger partial charge in [-0.05, 0) is 36.6 Å². The van der Waals surface area contributed by atoms with Gasteiger partial charge in [-0.25, -0.2) is 4.79 Å². The molecule has 0 bridgehead atoms. The van der Waals surface area contributed by atoms with Crippen molar-refractivity contribution in [3.8, 4) is 0 Å². The number of imide groups is 1. The molecular formula is C22H24N6O4S. The quantitative estimate of drug-likeness (QED) is 0.381. The fraction of sp³-hybridized carbons (Fsp3) is 0.318. The summed E-state index contributed by atoms with van der Waals surface area (Å²) in [7, 11) is 0. The number of urea groups is 1. The second-order valence-electron chi connectivity index (χ2n) is 7.87. The number of nitrogens with zero attached hydrogens (tertiary/aromatic N) is 4. The number of nitrogens with one attached hydrogen (secondary N) is 2. The number of carbonyl (C=O) groups excluding carboxylic acids is 2. The summed E-state index contributed by atoms with van der Waals surface area (Å²) >= 11 is 1.14. The van der Waals surface area contributed by atoms with Crippen molar-refractivity contribution < 1.29 is 14.0 Å². The molecule has 0 saturated carbocycles. The molecule has 0 unspecified atom stereocenters. The van der Waals surface area contributed by atoms with Crippen LogP contribution in [0.15, 0.2) is 57.0 Å². The van der Waals surface area contributed by atoms with Crippen LogP contribution >= 0.6 is 11.8 Å². The van der Waals surface area contributed by atoms with Gasteiger partial charge in [0.2, 0.25) is 11.7 Å². The first-order chi connectivity index (χ1) is 15.9. The molecule has 3 aromatic heterocycles. The van der Waals surface area contributed by atoms with E-state index in [4.69, 9.17) is 4.42 Å². The highest BCUT2D eigenvalue weighted by Crippen LogP contribution is 2.21. The zero-order valence-corrected chi connectivity index (χ0v) is 19.1. The van der Waals surface area contributed by atoms with Crippen molar-refractivity contribution in [3.63, 3.8) is 0 Å². The number of hydrogen-bond donors (Lipinski definition) is 2. The Kier molecular flexibility index (Phi) is 6.78. The van der Waals surface area contributed by atoms with Crippen molar-refractivity contribution in [3.05, 3.63) is 58.8 Å². The van der Waals surface area contributed by atoms with E-state index in [1.165, 1.54) is 6.26 Å². The van der Waals surface area contributed by atoms with E-state index < -0.39 is 11.9 Å². The third-order valence-corrected chi connectivity index (χ3v) is 5.93. The van der Waals surface area contributed by atoms with Crippen LogP contribution in [0, 0.1) is 5.92 Å². The van der Waals surface area contributed by atoms with Crippen LogP contribution in [0.25, 0.3) is 16.7 Å². The molecule has 11 heteroatoms. The number of para-hydroxylation sites is 1. The minimum atomic E-state index is -0.615. The SMILES string of the molecule is CC(C)CCn1c(=O)c2ccccc2n2c(SCC(=O)NC(=O)NCc3ccco3)nnc12. The second-order valence-corrected chi connectivity index (χ2v) is 8.82. The zero-order valence-electron chi connectivity index (χ0n) is 18.3. The number of amides is 3. The molecule has 3 amide bonds. The van der Waals surface area contributed by atoms with E-state index in [0.29, 0.717) is 40.1 Å². The van der Waals surface area contributed by atoms with Gasteiger partial charge >= 0.3 is 6.03 Å². The number of rotatable bonds is 8. The van der Waals surface area contributed by atoms with Crippen molar-refractivity contribution in [2.24, 2.45) is 5.92 Å². The first-order valence-electron chi connectivity index (χ1n) is 10.5. The zero-order chi connectivity index (χ0) is 23.4. The molecular weight excluding hydrogens is 444 g/mol. The molecule has 2 N–H and O–H groups in total. The number of aryl methyl sites for hydroxylation is 1. The molecule has 4 aromatic rings. The highest BCUT2D eigenvalue weighted by Gasteiger charge is 2.18. The average molecular weight is 469 g/mol. The lowest BCUT2D eigenvalue weighted by molar-refractivity contribution is -0.117. The van der Waals surface area contributed by atoms with Crippen molar-refractivity contribution in [1.82, 2.24) is 29.8 Å². The number of aromatic nitrogens is 4. The predicted octanol–water partition coefficient (Wildman–Crippen LogP) is 2.80. The summed E-state index contributed by atoms with van der Waals surface area (Å²) in [5.41, 5.74) is 0.552. The molecule has 0 saturated heterocycles. The Morgan fingerprint density at radius 1 is 1.15 bits per heavy atom. The molecule has 3 heterocycles. The van der Waals surface area contributed by atoms with Crippen LogP contribution in [0.1, 0.15) is 26.0 Å². The summed E-state index contributed by atoms with van der Waals surface area (Å²) in [5.74, 6) is 0.902. The van der Waals surface area contributed by atoms with Gasteiger partial charge in [-0.15, -0.1) is 10.2 Å². The maximum atomic E-state index is 13.1. The molecule has 0 aliphatic carbocycles. The van der Waals surface area contributed by atoms with Gasteiger partial charge in [-0.1, -0.05) is 37.7 Å². The Labute approximate surface area is 193 Å². The lowest BCUT2D eigenvalue weighted by Gasteiger charge is -2.12. The molecule has 0 fully saturated rings. The van der Waals surface area contributed by atoms with Crippen LogP contribution in [-0.4, -0.2) is 36.9 Å². The van der Waals surface area contributed by atoms with E-state index in [0.717, 1.165) is 18.2 Å². The van der Waals surface area contributed by atoms with E-state index >= 15 is 0 Å². The van der Waals surface area contributed by atoms with Gasteiger partial charge in [0.15, 0.2) is 5.16 Å². The summed E-state index contributed by atoms with van der Waals surface area (Å²) in [5, 5.41) is 14.3. The maximum absolute atomic E-state index is 13.1. The van der Waals surface area contributed by atoms with E-state index in [1.54, 1.807) is 27.2 Å². The Hall–Kier alpha value is -3.60. The van der Waals surface area contributed by atoms with Gasteiger partial charge in [0.05, 0.1) is 29.5 Å². The first-order valence-corrected chi connectivity index (χ1v) is 11.5. The molecule has 1 aromatic carbocycles. The minimum Gasteiger partial charge on any atom is -0.467 e. The summed E-state index contributed by atoms with van der Waals surface area (Å²) in [6.45, 7) is 4.88. The van der Waals surface area contributed by atoms with Gasteiger partial charge in [0.25, 0.3) is 5.56 Å². The van der Waals surface area contributed by atoms with Gasteiger partial charge in [0.1, 0.15) is 5.76 Å². The van der Waals surface area contributed by atoms with E-state index in [-0.39, 0.29) is 17.9 Å². The summed E-state index contributed by atoms with van der Waals surface area (Å²) in [4.78, 5) is 37.3. The smallest absolute Gasteiger partial charge is 0.321 e. The Morgan fingerprint density at radius 3 is 2.73 bits per heavy atom. The van der Waals surface area contributed by atoms with Crippen molar-refractivity contribution in [2.45, 2.75) is 38.5 Å². The summed E-state index contributed by atoms with van der Waals surface area (Å²) in [6, 6.07) is 10.1. The lowest BCUT2D eigenvalue weighted by Crippen LogP contribution is -2.39. The van der Waals surface area contributed by atoms with Crippen molar-refractivity contribution in [1.29, 1.82) is 0 Å². The Balaban J connectivity index is 1.51. The molecule has 4 rings (SSSR count). The van der Waals surface area contributed by atoms with Crippen LogP contribution in [0.3, 0.4) is 0 Å². The number of hydrogen-bond acceptors (Lipinski definition) is 7. The second kappa shape index (κ2) is 9.90. The molecule has 0 spiro atoms. The van der Waals surface area contributed by atoms with Crippen LogP contribution in [0.4, 0.5) is 4.79 Å². The van der Waals surface area contributed by atoms with Gasteiger partial charge < -0.3 is 9.73 Å². The largest absolute Gasteiger partial charge is 0.467 e. The van der Waals surface area contributed by atoms with E-state index in [9.17, 15) is 14.4 Å². The summed E-state index contributed by atoms with van der Waals surface area (Å²) in [6.07, 6.45) is 2.32. The fourth-order valence-electron chi connectivity index (χ4n) is 3.33. The molecule has 0 radical (unpaired) electrons. The van der Waals surface area contributed by atoms with Crippen LogP contribution < -0.4 is 16.2 Å². The minimum absolute atomic E-state index is 0.0472. The third kappa shape index (κ3) is 5.08. The van der Waals surface area contributed by atoms with Gasteiger partial charge in [-0.3, -0.25) is 23.9 Å². The normalized spacial score (nSPS) is 11.4. The predicted molar refractivity (Wildman–Crippen MR) is 124 cm³/mol. The first kappa shape index (κ1) is 22.6. The van der Waals surface area contributed by atoms with E-state index in [2.05, 4.69) is 34.7 Å². The number of fused-ring (bicyclic) bond motifs is 3. The van der Waals surface area contributed by atoms with Crippen LogP contribution in [0.5, 0.6) is 0 Å². The monoisotopic (exact) mass is 468 g/mol. The average Bonchev–Trinajstić information content (AvgIpc) is 3.46. The lowest BCUT2D eigenvalue weighted by atomic mass is 10.1. The van der Waals surface area contributed by atoms with Crippen LogP contribution in [0.2, 0.25) is 0 Å². The number of furan rings is 1. The van der Waals surface area contributed by atoms with Crippen molar-refractivity contribution in [2.75, 3.05) is 5.75 Å². The number of thioether (sulfide) groups is 1. The van der Waals surface area contributed by atoms with Gasteiger partial charge in [-0.2, -0.15) is 0 Å². The Morgan fingerprint density at radius 2 is 1.97 bits per heavy atom. The summed E-state index contributed by atoms with van der Waals surface area (Å²) < 4.78 is 8.55. The number of carbonyl (C=O) groups is 2. The van der Waals surface area contributed by atoms with Crippen molar-refractivity contribution >= 4 is 40.4 Å². The fourth-order valence-corrected chi connectivity index (χ4v) is 4.07. The van der Waals surface area contributed by atoms with Gasteiger partial charge in [0, 0.05) is 6.54 Å². The molecule has 10 nitrogen and oxygen atoms in total. The molecule has 172 valence electrons. The maximum Gasteiger partial charge on any atom is 0.321 e. The molecule has 0 aliphatic rings.